The van der Waals surface area contributed by atoms with Gasteiger partial charge in [-0.05, 0) is 31.2 Å². The van der Waals surface area contributed by atoms with Gasteiger partial charge in [-0.15, -0.1) is 0 Å². The molecule has 120 valence electrons. The van der Waals surface area contributed by atoms with Gasteiger partial charge in [0.1, 0.15) is 5.84 Å². The third kappa shape index (κ3) is 2.27. The maximum Gasteiger partial charge on any atom is 0.171 e. The van der Waals surface area contributed by atoms with Crippen LogP contribution in [-0.2, 0) is 0 Å². The second kappa shape index (κ2) is 5.42. The van der Waals surface area contributed by atoms with E-state index >= 15 is 0 Å². The van der Waals surface area contributed by atoms with Crippen LogP contribution in [0.2, 0.25) is 5.02 Å². The summed E-state index contributed by atoms with van der Waals surface area (Å²) in [6, 6.07) is 7.94. The number of aromatic amines is 1. The van der Waals surface area contributed by atoms with Crippen molar-refractivity contribution in [3.8, 4) is 11.3 Å². The van der Waals surface area contributed by atoms with Crippen LogP contribution in [0.4, 0.5) is 20.2 Å². The third-order valence-corrected chi connectivity index (χ3v) is 4.14. The Morgan fingerprint density at radius 1 is 1.12 bits per heavy atom. The van der Waals surface area contributed by atoms with E-state index in [-0.39, 0.29) is 16.4 Å². The zero-order chi connectivity index (χ0) is 16.8. The highest BCUT2D eigenvalue weighted by molar-refractivity contribution is 6.35. The average Bonchev–Trinajstić information content (AvgIpc) is 2.95. The maximum atomic E-state index is 14.3. The fourth-order valence-corrected chi connectivity index (χ4v) is 2.91. The molecule has 3 aromatic rings. The van der Waals surface area contributed by atoms with Crippen molar-refractivity contribution in [1.82, 2.24) is 10.2 Å². The molecule has 24 heavy (non-hydrogen) atoms. The van der Waals surface area contributed by atoms with Crippen LogP contribution < -0.4 is 5.32 Å². The maximum absolute atomic E-state index is 14.3. The quantitative estimate of drug-likeness (QED) is 0.622. The van der Waals surface area contributed by atoms with E-state index in [0.29, 0.717) is 11.4 Å². The number of aryl methyl sites for hydroxylation is 1. The van der Waals surface area contributed by atoms with Crippen molar-refractivity contribution in [3.63, 3.8) is 0 Å². The molecule has 2 N–H and O–H groups in total. The highest BCUT2D eigenvalue weighted by atomic mass is 35.5. The summed E-state index contributed by atoms with van der Waals surface area (Å²) in [6.07, 6.45) is 1.56. The zero-order valence-electron chi connectivity index (χ0n) is 12.5. The third-order valence-electron chi connectivity index (χ3n) is 3.83. The Balaban J connectivity index is 2.00. The van der Waals surface area contributed by atoms with Crippen LogP contribution >= 0.6 is 11.6 Å². The fraction of sp³-hybridized carbons (Fsp3) is 0.0588. The van der Waals surface area contributed by atoms with Crippen LogP contribution in [-0.4, -0.2) is 16.0 Å². The molecule has 7 heteroatoms. The molecule has 0 bridgehead atoms. The van der Waals surface area contributed by atoms with Gasteiger partial charge in [-0.2, -0.15) is 5.10 Å². The molecule has 4 nitrogen and oxygen atoms in total. The van der Waals surface area contributed by atoms with Crippen LogP contribution in [0.3, 0.4) is 0 Å². The van der Waals surface area contributed by atoms with Gasteiger partial charge >= 0.3 is 0 Å². The predicted molar refractivity (Wildman–Crippen MR) is 89.9 cm³/mol. The number of H-pyrrole nitrogens is 1. The summed E-state index contributed by atoms with van der Waals surface area (Å²) in [4.78, 5) is 4.47. The highest BCUT2D eigenvalue weighted by Gasteiger charge is 2.23. The summed E-state index contributed by atoms with van der Waals surface area (Å²) in [5, 5.41) is 9.99. The van der Waals surface area contributed by atoms with E-state index in [1.54, 1.807) is 6.20 Å². The fourth-order valence-electron chi connectivity index (χ4n) is 2.67. The standard InChI is InChI=1S/C17H11ClF2N4/c1-8-2-5-12-9(6-8)16-13(7-21-24-16)23-17(22-12)14-10(18)3-4-11(19)15(14)20/h2-7H,1H3,(H,21,24)(H,22,23). The average molecular weight is 345 g/mol. The van der Waals surface area contributed by atoms with Crippen molar-refractivity contribution in [1.29, 1.82) is 0 Å². The topological polar surface area (TPSA) is 53.1 Å². The van der Waals surface area contributed by atoms with Crippen LogP contribution in [0.1, 0.15) is 11.1 Å². The van der Waals surface area contributed by atoms with Gasteiger partial charge in [0.15, 0.2) is 11.6 Å². The molecule has 0 amide bonds. The number of nitrogens with zero attached hydrogens (tertiary/aromatic N) is 2. The van der Waals surface area contributed by atoms with Crippen molar-refractivity contribution in [2.45, 2.75) is 6.92 Å². The summed E-state index contributed by atoms with van der Waals surface area (Å²) < 4.78 is 28.0. The molecule has 4 rings (SSSR count). The van der Waals surface area contributed by atoms with Gasteiger partial charge in [-0.3, -0.25) is 5.10 Å². The van der Waals surface area contributed by atoms with E-state index in [9.17, 15) is 8.78 Å². The van der Waals surface area contributed by atoms with E-state index in [2.05, 4.69) is 20.5 Å². The second-order valence-electron chi connectivity index (χ2n) is 5.48. The first kappa shape index (κ1) is 14.8. The minimum Gasteiger partial charge on any atom is -0.336 e. The number of hydrogen-bond acceptors (Lipinski definition) is 3. The minimum atomic E-state index is -1.05. The lowest BCUT2D eigenvalue weighted by Crippen LogP contribution is -2.16. The van der Waals surface area contributed by atoms with Gasteiger partial charge < -0.3 is 5.32 Å². The Bertz CT molecular complexity index is 994. The summed E-state index contributed by atoms with van der Waals surface area (Å²) >= 11 is 6.09. The normalized spacial score (nSPS) is 12.8. The van der Waals surface area contributed by atoms with E-state index < -0.39 is 11.6 Å². The molecule has 0 fully saturated rings. The van der Waals surface area contributed by atoms with Crippen molar-refractivity contribution >= 4 is 28.8 Å². The van der Waals surface area contributed by atoms with Crippen LogP contribution in [0, 0.1) is 18.6 Å². The molecule has 2 heterocycles. The summed E-state index contributed by atoms with van der Waals surface area (Å²) in [6.45, 7) is 1.96. The Hall–Kier alpha value is -2.73. The van der Waals surface area contributed by atoms with Gasteiger partial charge in [0.05, 0.1) is 33.9 Å². The van der Waals surface area contributed by atoms with Crippen LogP contribution in [0.15, 0.2) is 41.5 Å². The molecule has 0 atom stereocenters. The molecular weight excluding hydrogens is 334 g/mol. The van der Waals surface area contributed by atoms with Crippen molar-refractivity contribution < 1.29 is 8.78 Å². The van der Waals surface area contributed by atoms with Gasteiger partial charge in [-0.25, -0.2) is 13.8 Å². The number of anilines is 1. The number of nitrogens with one attached hydrogen (secondary N) is 2. The summed E-state index contributed by atoms with van der Waals surface area (Å²) in [5.41, 5.74) is 3.68. The van der Waals surface area contributed by atoms with Gasteiger partial charge in [0, 0.05) is 5.56 Å². The molecule has 0 saturated carbocycles. The Kier molecular flexibility index (Phi) is 3.35. The first-order valence-electron chi connectivity index (χ1n) is 7.18. The molecule has 1 aliphatic rings. The number of aliphatic imine (C=N–C) groups is 1. The SMILES string of the molecule is Cc1ccc2c(c1)-c1[nH]ncc1NC(c1c(Cl)ccc(F)c1F)=N2. The number of halogens is 3. The lowest BCUT2D eigenvalue weighted by molar-refractivity contribution is 0.507. The van der Waals surface area contributed by atoms with E-state index in [4.69, 9.17) is 11.6 Å². The Morgan fingerprint density at radius 2 is 1.96 bits per heavy atom. The van der Waals surface area contributed by atoms with Crippen molar-refractivity contribution in [2.24, 2.45) is 4.99 Å². The molecular formula is C17H11ClF2N4. The zero-order valence-corrected chi connectivity index (χ0v) is 13.2. The number of hydrogen-bond donors (Lipinski definition) is 2. The molecule has 0 saturated heterocycles. The lowest BCUT2D eigenvalue weighted by atomic mass is 10.1. The smallest absolute Gasteiger partial charge is 0.171 e. The molecule has 1 aliphatic heterocycles. The summed E-state index contributed by atoms with van der Waals surface area (Å²) in [5.74, 6) is -1.91. The lowest BCUT2D eigenvalue weighted by Gasteiger charge is -2.10. The molecule has 0 aliphatic carbocycles. The van der Waals surface area contributed by atoms with Gasteiger partial charge in [0.25, 0.3) is 0 Å². The van der Waals surface area contributed by atoms with E-state index in [1.807, 2.05) is 25.1 Å². The number of benzene rings is 2. The Labute approximate surface area is 141 Å². The predicted octanol–water partition coefficient (Wildman–Crippen LogP) is 4.82. The molecule has 0 unspecified atom stereocenters. The highest BCUT2D eigenvalue weighted by Crippen LogP contribution is 2.38. The van der Waals surface area contributed by atoms with E-state index in [0.717, 1.165) is 22.9 Å². The molecule has 0 radical (unpaired) electrons. The molecule has 1 aromatic heterocycles. The molecule has 0 spiro atoms. The number of amidine groups is 1. The molecule has 2 aromatic carbocycles. The summed E-state index contributed by atoms with van der Waals surface area (Å²) in [7, 11) is 0. The largest absolute Gasteiger partial charge is 0.336 e. The van der Waals surface area contributed by atoms with Gasteiger partial charge in [-0.1, -0.05) is 23.2 Å². The van der Waals surface area contributed by atoms with Crippen molar-refractivity contribution in [3.05, 3.63) is 64.3 Å². The minimum absolute atomic E-state index is 0.0701. The number of aromatic nitrogens is 2. The number of fused-ring (bicyclic) bond motifs is 3. The first-order valence-corrected chi connectivity index (χ1v) is 7.56. The second-order valence-corrected chi connectivity index (χ2v) is 5.89. The van der Waals surface area contributed by atoms with Crippen molar-refractivity contribution in [2.75, 3.05) is 5.32 Å². The van der Waals surface area contributed by atoms with Gasteiger partial charge in [0.2, 0.25) is 0 Å². The monoisotopic (exact) mass is 344 g/mol. The van der Waals surface area contributed by atoms with Crippen LogP contribution in [0.5, 0.6) is 0 Å². The number of rotatable bonds is 1. The first-order chi connectivity index (χ1) is 11.5. The Morgan fingerprint density at radius 3 is 2.79 bits per heavy atom. The van der Waals surface area contributed by atoms with E-state index in [1.165, 1.54) is 6.07 Å². The van der Waals surface area contributed by atoms with Crippen LogP contribution in [0.25, 0.3) is 11.3 Å².